The van der Waals surface area contributed by atoms with Gasteiger partial charge < -0.3 is 5.32 Å². The van der Waals surface area contributed by atoms with Crippen molar-refractivity contribution in [3.05, 3.63) is 0 Å². The van der Waals surface area contributed by atoms with Crippen LogP contribution < -0.4 is 5.32 Å². The van der Waals surface area contributed by atoms with Gasteiger partial charge in [0.05, 0.1) is 0 Å². The summed E-state index contributed by atoms with van der Waals surface area (Å²) in [6, 6.07) is 0.461. The summed E-state index contributed by atoms with van der Waals surface area (Å²) in [6.07, 6.45) is 8.53. The van der Waals surface area contributed by atoms with Gasteiger partial charge in [-0.25, -0.2) is 0 Å². The Kier molecular flexibility index (Phi) is 5.82. The molecule has 0 rings (SSSR count). The SMILES string of the molecule is C#CCC(NCCC)C(C)(C)CC. The van der Waals surface area contributed by atoms with Crippen LogP contribution in [0.2, 0.25) is 0 Å². The summed E-state index contributed by atoms with van der Waals surface area (Å²) in [7, 11) is 0. The zero-order valence-corrected chi connectivity index (χ0v) is 9.48. The average Bonchev–Trinajstić information content (AvgIpc) is 2.12. The van der Waals surface area contributed by atoms with E-state index in [4.69, 9.17) is 6.42 Å². The van der Waals surface area contributed by atoms with Gasteiger partial charge in [0.2, 0.25) is 0 Å². The van der Waals surface area contributed by atoms with Gasteiger partial charge in [-0.15, -0.1) is 12.3 Å². The highest BCUT2D eigenvalue weighted by atomic mass is 14.9. The molecule has 0 aliphatic rings. The molecule has 0 bridgehead atoms. The van der Waals surface area contributed by atoms with E-state index in [-0.39, 0.29) is 0 Å². The van der Waals surface area contributed by atoms with E-state index in [0.29, 0.717) is 11.5 Å². The van der Waals surface area contributed by atoms with Gasteiger partial charge in [0.25, 0.3) is 0 Å². The van der Waals surface area contributed by atoms with E-state index in [1.165, 1.54) is 6.42 Å². The minimum absolute atomic E-state index is 0.307. The maximum absolute atomic E-state index is 5.36. The summed E-state index contributed by atoms with van der Waals surface area (Å²) in [5, 5.41) is 3.52. The molecule has 13 heavy (non-hydrogen) atoms. The maximum atomic E-state index is 5.36. The molecule has 0 aliphatic heterocycles. The number of hydrogen-bond donors (Lipinski definition) is 1. The number of nitrogens with one attached hydrogen (secondary N) is 1. The van der Waals surface area contributed by atoms with Crippen molar-refractivity contribution in [3.63, 3.8) is 0 Å². The fourth-order valence-electron chi connectivity index (χ4n) is 1.31. The van der Waals surface area contributed by atoms with Gasteiger partial charge in [-0.05, 0) is 24.8 Å². The lowest BCUT2D eigenvalue weighted by molar-refractivity contribution is 0.235. The van der Waals surface area contributed by atoms with E-state index < -0.39 is 0 Å². The topological polar surface area (TPSA) is 12.0 Å². The zero-order chi connectivity index (χ0) is 10.3. The van der Waals surface area contributed by atoms with Gasteiger partial charge in [0, 0.05) is 12.5 Å². The summed E-state index contributed by atoms with van der Waals surface area (Å²) >= 11 is 0. The van der Waals surface area contributed by atoms with E-state index in [1.54, 1.807) is 0 Å². The van der Waals surface area contributed by atoms with Crippen molar-refractivity contribution >= 4 is 0 Å². The summed E-state index contributed by atoms with van der Waals surface area (Å²) in [6.45, 7) is 10.0. The standard InChI is InChI=1S/C12H23N/c1-6-9-11(13-10-7-2)12(4,5)8-3/h1,11,13H,7-10H2,2-5H3. The molecule has 0 aromatic rings. The molecule has 0 aliphatic carbocycles. The second-order valence-corrected chi connectivity index (χ2v) is 4.26. The highest BCUT2D eigenvalue weighted by Gasteiger charge is 2.25. The minimum Gasteiger partial charge on any atom is -0.313 e. The van der Waals surface area contributed by atoms with Crippen molar-refractivity contribution in [3.8, 4) is 12.3 Å². The normalized spacial score (nSPS) is 13.8. The molecule has 0 fully saturated rings. The predicted molar refractivity (Wildman–Crippen MR) is 59.6 cm³/mol. The van der Waals surface area contributed by atoms with Crippen molar-refractivity contribution in [2.24, 2.45) is 5.41 Å². The first-order valence-corrected chi connectivity index (χ1v) is 5.25. The summed E-state index contributed by atoms with van der Waals surface area (Å²) < 4.78 is 0. The third-order valence-corrected chi connectivity index (χ3v) is 2.82. The Labute approximate surface area is 83.3 Å². The molecule has 76 valence electrons. The van der Waals surface area contributed by atoms with Crippen molar-refractivity contribution in [1.82, 2.24) is 5.32 Å². The van der Waals surface area contributed by atoms with Crippen LogP contribution in [-0.4, -0.2) is 12.6 Å². The van der Waals surface area contributed by atoms with Gasteiger partial charge >= 0.3 is 0 Å². The number of rotatable bonds is 6. The lowest BCUT2D eigenvalue weighted by Gasteiger charge is -2.33. The second-order valence-electron chi connectivity index (χ2n) is 4.26. The van der Waals surface area contributed by atoms with Gasteiger partial charge in [0.1, 0.15) is 0 Å². The van der Waals surface area contributed by atoms with Crippen LogP contribution in [0.1, 0.15) is 47.0 Å². The Bertz CT molecular complexity index is 164. The van der Waals surface area contributed by atoms with Crippen LogP contribution in [0.5, 0.6) is 0 Å². The van der Waals surface area contributed by atoms with E-state index >= 15 is 0 Å². The van der Waals surface area contributed by atoms with Gasteiger partial charge in [-0.1, -0.05) is 27.7 Å². The van der Waals surface area contributed by atoms with Crippen LogP contribution in [0.3, 0.4) is 0 Å². The molecule has 0 saturated carbocycles. The fraction of sp³-hybridized carbons (Fsp3) is 0.833. The van der Waals surface area contributed by atoms with E-state index in [9.17, 15) is 0 Å². The van der Waals surface area contributed by atoms with Crippen LogP contribution in [0, 0.1) is 17.8 Å². The third-order valence-electron chi connectivity index (χ3n) is 2.82. The Balaban J connectivity index is 4.15. The van der Waals surface area contributed by atoms with Crippen molar-refractivity contribution in [2.75, 3.05) is 6.54 Å². The van der Waals surface area contributed by atoms with E-state index in [0.717, 1.165) is 19.4 Å². The lowest BCUT2D eigenvalue weighted by Crippen LogP contribution is -2.41. The minimum atomic E-state index is 0.307. The first-order chi connectivity index (χ1) is 6.08. The largest absolute Gasteiger partial charge is 0.313 e. The van der Waals surface area contributed by atoms with Crippen LogP contribution in [0.15, 0.2) is 0 Å². The Morgan fingerprint density at radius 3 is 2.38 bits per heavy atom. The molecule has 1 unspecified atom stereocenters. The van der Waals surface area contributed by atoms with Crippen molar-refractivity contribution in [1.29, 1.82) is 0 Å². The van der Waals surface area contributed by atoms with Gasteiger partial charge in [0.15, 0.2) is 0 Å². The maximum Gasteiger partial charge on any atom is 0.0245 e. The Morgan fingerprint density at radius 2 is 2.00 bits per heavy atom. The summed E-state index contributed by atoms with van der Waals surface area (Å²) in [5.41, 5.74) is 0.307. The number of terminal acetylenes is 1. The molecule has 0 aromatic carbocycles. The van der Waals surface area contributed by atoms with Gasteiger partial charge in [-0.3, -0.25) is 0 Å². The first-order valence-electron chi connectivity index (χ1n) is 5.25. The van der Waals surface area contributed by atoms with Crippen molar-refractivity contribution in [2.45, 2.75) is 53.0 Å². The second kappa shape index (κ2) is 6.05. The molecular formula is C12H23N. The Morgan fingerprint density at radius 1 is 1.38 bits per heavy atom. The highest BCUT2D eigenvalue weighted by Crippen LogP contribution is 2.26. The lowest BCUT2D eigenvalue weighted by atomic mass is 9.80. The molecule has 0 radical (unpaired) electrons. The van der Waals surface area contributed by atoms with Crippen LogP contribution in [-0.2, 0) is 0 Å². The van der Waals surface area contributed by atoms with Gasteiger partial charge in [-0.2, -0.15) is 0 Å². The van der Waals surface area contributed by atoms with Crippen LogP contribution in [0.25, 0.3) is 0 Å². The molecule has 0 amide bonds. The smallest absolute Gasteiger partial charge is 0.0245 e. The molecular weight excluding hydrogens is 158 g/mol. The molecule has 1 N–H and O–H groups in total. The summed E-state index contributed by atoms with van der Waals surface area (Å²) in [5.74, 6) is 2.75. The zero-order valence-electron chi connectivity index (χ0n) is 9.48. The molecule has 1 heteroatoms. The highest BCUT2D eigenvalue weighted by molar-refractivity contribution is 4.95. The average molecular weight is 181 g/mol. The van der Waals surface area contributed by atoms with Crippen molar-refractivity contribution < 1.29 is 0 Å². The molecule has 1 nitrogen and oxygen atoms in total. The molecule has 1 atom stereocenters. The molecule has 0 saturated heterocycles. The summed E-state index contributed by atoms with van der Waals surface area (Å²) in [4.78, 5) is 0. The van der Waals surface area contributed by atoms with E-state index in [2.05, 4.69) is 38.9 Å². The predicted octanol–water partition coefficient (Wildman–Crippen LogP) is 2.81. The quantitative estimate of drug-likeness (QED) is 0.621. The molecule has 0 spiro atoms. The molecule has 0 aromatic heterocycles. The van der Waals surface area contributed by atoms with Crippen LogP contribution >= 0.6 is 0 Å². The third kappa shape index (κ3) is 4.33. The fourth-order valence-corrected chi connectivity index (χ4v) is 1.31. The monoisotopic (exact) mass is 181 g/mol. The van der Waals surface area contributed by atoms with Crippen LogP contribution in [0.4, 0.5) is 0 Å². The Hall–Kier alpha value is -0.480. The van der Waals surface area contributed by atoms with E-state index in [1.807, 2.05) is 0 Å². The molecule has 0 heterocycles. The first kappa shape index (κ1) is 12.5. The number of hydrogen-bond acceptors (Lipinski definition) is 1.